The number of carbonyl (C=O) groups is 1. The highest BCUT2D eigenvalue weighted by atomic mass is 16.5. The van der Waals surface area contributed by atoms with E-state index in [9.17, 15) is 4.79 Å². The number of ether oxygens (including phenoxy) is 1. The number of aromatic nitrogens is 2. The van der Waals surface area contributed by atoms with Gasteiger partial charge in [-0.15, -0.1) is 0 Å². The predicted octanol–water partition coefficient (Wildman–Crippen LogP) is 2.61. The maximum Gasteiger partial charge on any atom is 0.326 e. The third kappa shape index (κ3) is 2.61. The molecule has 0 saturated heterocycles. The Morgan fingerprint density at radius 3 is 2.86 bits per heavy atom. The first-order chi connectivity index (χ1) is 10.7. The lowest BCUT2D eigenvalue weighted by Crippen LogP contribution is -2.53. The number of nitrogens with zero attached hydrogens (tertiary/aromatic N) is 2. The molecule has 5 nitrogen and oxygen atoms in total. The van der Waals surface area contributed by atoms with Crippen molar-refractivity contribution in [2.45, 2.75) is 51.1 Å². The number of aryl methyl sites for hydroxylation is 1. The van der Waals surface area contributed by atoms with Crippen LogP contribution in [0.15, 0.2) is 24.4 Å². The van der Waals surface area contributed by atoms with Crippen molar-refractivity contribution in [3.05, 3.63) is 35.8 Å². The Hall–Kier alpha value is -1.88. The zero-order chi connectivity index (χ0) is 15.6. The highest BCUT2D eigenvalue weighted by molar-refractivity contribution is 5.80. The van der Waals surface area contributed by atoms with Crippen molar-refractivity contribution in [3.63, 3.8) is 0 Å². The van der Waals surface area contributed by atoms with Gasteiger partial charge in [0.15, 0.2) is 0 Å². The molecule has 2 aromatic rings. The lowest BCUT2D eigenvalue weighted by atomic mass is 9.81. The third-order valence-electron chi connectivity index (χ3n) is 4.71. The van der Waals surface area contributed by atoms with Crippen LogP contribution in [0.2, 0.25) is 0 Å². The maximum absolute atomic E-state index is 12.3. The Labute approximate surface area is 130 Å². The Bertz CT molecular complexity index is 672. The van der Waals surface area contributed by atoms with Crippen molar-refractivity contribution in [2.75, 3.05) is 7.11 Å². The molecule has 0 bridgehead atoms. The quantitative estimate of drug-likeness (QED) is 0.882. The van der Waals surface area contributed by atoms with Gasteiger partial charge < -0.3 is 9.14 Å². The standard InChI is InChI=1S/C17H23N3O2/c1-13-14(20-11-7-4-8-15(20)19-13)12-18-17(16(21)22-2)9-5-3-6-10-17/h4,7-8,11,18H,3,5-6,9-10,12H2,1-2H3. The fourth-order valence-corrected chi connectivity index (χ4v) is 3.43. The van der Waals surface area contributed by atoms with E-state index >= 15 is 0 Å². The van der Waals surface area contributed by atoms with Gasteiger partial charge in [-0.1, -0.05) is 25.3 Å². The molecule has 1 N–H and O–H groups in total. The number of rotatable bonds is 4. The van der Waals surface area contributed by atoms with Gasteiger partial charge in [0.2, 0.25) is 0 Å². The van der Waals surface area contributed by atoms with Gasteiger partial charge in [-0.2, -0.15) is 0 Å². The number of nitrogens with one attached hydrogen (secondary N) is 1. The number of methoxy groups -OCH3 is 1. The molecule has 2 aromatic heterocycles. The van der Waals surface area contributed by atoms with E-state index in [1.165, 1.54) is 13.5 Å². The number of hydrogen-bond acceptors (Lipinski definition) is 4. The fourth-order valence-electron chi connectivity index (χ4n) is 3.43. The third-order valence-corrected chi connectivity index (χ3v) is 4.71. The van der Waals surface area contributed by atoms with Crippen molar-refractivity contribution in [1.29, 1.82) is 0 Å². The van der Waals surface area contributed by atoms with E-state index in [0.29, 0.717) is 6.54 Å². The van der Waals surface area contributed by atoms with Gasteiger partial charge in [0.05, 0.1) is 18.5 Å². The molecule has 0 unspecified atom stereocenters. The van der Waals surface area contributed by atoms with Crippen LogP contribution in [-0.4, -0.2) is 28.0 Å². The number of pyridine rings is 1. The Balaban J connectivity index is 1.85. The number of hydrogen-bond donors (Lipinski definition) is 1. The molecule has 22 heavy (non-hydrogen) atoms. The molecule has 118 valence electrons. The van der Waals surface area contributed by atoms with Crippen molar-refractivity contribution < 1.29 is 9.53 Å². The summed E-state index contributed by atoms with van der Waals surface area (Å²) in [6, 6.07) is 5.97. The highest BCUT2D eigenvalue weighted by Crippen LogP contribution is 2.30. The molecule has 1 fully saturated rings. The van der Waals surface area contributed by atoms with Gasteiger partial charge in [-0.05, 0) is 31.9 Å². The minimum Gasteiger partial charge on any atom is -0.468 e. The predicted molar refractivity (Wildman–Crippen MR) is 84.6 cm³/mol. The summed E-state index contributed by atoms with van der Waals surface area (Å²) < 4.78 is 7.14. The van der Waals surface area contributed by atoms with Gasteiger partial charge in [-0.3, -0.25) is 10.1 Å². The molecule has 5 heteroatoms. The van der Waals surface area contributed by atoms with Crippen LogP contribution in [0.1, 0.15) is 43.5 Å². The van der Waals surface area contributed by atoms with E-state index in [0.717, 1.165) is 42.7 Å². The van der Waals surface area contributed by atoms with Crippen LogP contribution in [0.3, 0.4) is 0 Å². The first kappa shape index (κ1) is 15.0. The molecule has 0 aliphatic heterocycles. The van der Waals surface area contributed by atoms with Gasteiger partial charge in [0.25, 0.3) is 0 Å². The van der Waals surface area contributed by atoms with Crippen LogP contribution >= 0.6 is 0 Å². The first-order valence-electron chi connectivity index (χ1n) is 7.92. The van der Waals surface area contributed by atoms with Crippen molar-refractivity contribution in [2.24, 2.45) is 0 Å². The fraction of sp³-hybridized carbons (Fsp3) is 0.529. The minimum absolute atomic E-state index is 0.140. The second-order valence-corrected chi connectivity index (χ2v) is 6.06. The molecule has 1 aliphatic rings. The summed E-state index contributed by atoms with van der Waals surface area (Å²) in [6.07, 6.45) is 7.01. The smallest absolute Gasteiger partial charge is 0.326 e. The normalized spacial score (nSPS) is 17.5. The van der Waals surface area contributed by atoms with Crippen LogP contribution in [0.4, 0.5) is 0 Å². The van der Waals surface area contributed by atoms with Crippen molar-refractivity contribution in [3.8, 4) is 0 Å². The topological polar surface area (TPSA) is 55.6 Å². The molecule has 0 aromatic carbocycles. The maximum atomic E-state index is 12.3. The number of imidazole rings is 1. The monoisotopic (exact) mass is 301 g/mol. The number of fused-ring (bicyclic) bond motifs is 1. The molecular weight excluding hydrogens is 278 g/mol. The summed E-state index contributed by atoms with van der Waals surface area (Å²) in [4.78, 5) is 16.9. The summed E-state index contributed by atoms with van der Waals surface area (Å²) in [7, 11) is 1.47. The summed E-state index contributed by atoms with van der Waals surface area (Å²) in [5, 5.41) is 3.49. The first-order valence-corrected chi connectivity index (χ1v) is 7.92. The molecule has 3 rings (SSSR count). The van der Waals surface area contributed by atoms with Crippen molar-refractivity contribution >= 4 is 11.6 Å². The molecule has 1 saturated carbocycles. The second-order valence-electron chi connectivity index (χ2n) is 6.06. The van der Waals surface area contributed by atoms with E-state index in [2.05, 4.69) is 14.7 Å². The van der Waals surface area contributed by atoms with Crippen molar-refractivity contribution in [1.82, 2.24) is 14.7 Å². The van der Waals surface area contributed by atoms with Gasteiger partial charge >= 0.3 is 5.97 Å². The molecule has 0 spiro atoms. The zero-order valence-corrected chi connectivity index (χ0v) is 13.3. The lowest BCUT2D eigenvalue weighted by Gasteiger charge is -2.35. The molecule has 0 atom stereocenters. The number of carbonyl (C=O) groups excluding carboxylic acids is 1. The van der Waals surface area contributed by atoms with Crippen LogP contribution in [0.25, 0.3) is 5.65 Å². The van der Waals surface area contributed by atoms with Crippen LogP contribution in [0, 0.1) is 6.92 Å². The van der Waals surface area contributed by atoms with E-state index in [-0.39, 0.29) is 5.97 Å². The Morgan fingerprint density at radius 1 is 1.36 bits per heavy atom. The zero-order valence-electron chi connectivity index (χ0n) is 13.3. The Morgan fingerprint density at radius 2 is 2.14 bits per heavy atom. The van der Waals surface area contributed by atoms with Crippen LogP contribution in [-0.2, 0) is 16.1 Å². The van der Waals surface area contributed by atoms with E-state index < -0.39 is 5.54 Å². The molecule has 0 amide bonds. The SMILES string of the molecule is COC(=O)C1(NCc2c(C)nc3ccccn23)CCCCC1. The Kier molecular flexibility index (Phi) is 4.16. The minimum atomic E-state index is -0.543. The van der Waals surface area contributed by atoms with Gasteiger partial charge in [0.1, 0.15) is 11.2 Å². The second kappa shape index (κ2) is 6.08. The average molecular weight is 301 g/mol. The highest BCUT2D eigenvalue weighted by Gasteiger charge is 2.40. The van der Waals surface area contributed by atoms with E-state index in [4.69, 9.17) is 4.74 Å². The summed E-state index contributed by atoms with van der Waals surface area (Å²) in [5.41, 5.74) is 2.49. The lowest BCUT2D eigenvalue weighted by molar-refractivity contribution is -0.150. The van der Waals surface area contributed by atoms with Gasteiger partial charge in [0, 0.05) is 12.7 Å². The summed E-state index contributed by atoms with van der Waals surface area (Å²) >= 11 is 0. The van der Waals surface area contributed by atoms with Crippen LogP contribution < -0.4 is 5.32 Å². The number of esters is 1. The van der Waals surface area contributed by atoms with E-state index in [1.807, 2.05) is 31.3 Å². The molecule has 1 aliphatic carbocycles. The molecule has 0 radical (unpaired) electrons. The van der Waals surface area contributed by atoms with Crippen LogP contribution in [0.5, 0.6) is 0 Å². The van der Waals surface area contributed by atoms with Gasteiger partial charge in [-0.25, -0.2) is 4.98 Å². The molecular formula is C17H23N3O2. The summed E-state index contributed by atoms with van der Waals surface area (Å²) in [6.45, 7) is 2.63. The largest absolute Gasteiger partial charge is 0.468 e. The molecule has 2 heterocycles. The summed E-state index contributed by atoms with van der Waals surface area (Å²) in [5.74, 6) is -0.140. The average Bonchev–Trinajstić information content (AvgIpc) is 2.88. The van der Waals surface area contributed by atoms with E-state index in [1.54, 1.807) is 0 Å².